The summed E-state index contributed by atoms with van der Waals surface area (Å²) in [7, 11) is -1.04. The predicted octanol–water partition coefficient (Wildman–Crippen LogP) is 0.601. The Kier molecular flexibility index (Phi) is 8.61. The van der Waals surface area contributed by atoms with Gasteiger partial charge < -0.3 is 20.5 Å². The van der Waals surface area contributed by atoms with Gasteiger partial charge in [-0.3, -0.25) is 4.79 Å². The van der Waals surface area contributed by atoms with E-state index >= 15 is 0 Å². The molecule has 1 aliphatic heterocycles. The molecule has 0 radical (unpaired) electrons. The van der Waals surface area contributed by atoms with Crippen LogP contribution in [0.5, 0.6) is 11.5 Å². The van der Waals surface area contributed by atoms with Crippen LogP contribution in [0.2, 0.25) is 0 Å². The van der Waals surface area contributed by atoms with E-state index in [0.717, 1.165) is 0 Å². The fourth-order valence-corrected chi connectivity index (χ4v) is 4.73. The van der Waals surface area contributed by atoms with E-state index in [1.807, 2.05) is 0 Å². The first-order chi connectivity index (χ1) is 12.0. The van der Waals surface area contributed by atoms with E-state index < -0.39 is 15.9 Å². The number of nitrogens with two attached hydrogens (primary N) is 1. The molecule has 0 aliphatic carbocycles. The van der Waals surface area contributed by atoms with Crippen molar-refractivity contribution in [1.82, 2.24) is 9.62 Å². The molecule has 1 heterocycles. The van der Waals surface area contributed by atoms with E-state index in [-0.39, 0.29) is 41.3 Å². The fraction of sp³-hybridized carbons (Fsp3) is 0.562. The number of carbonyl (C=O) groups excluding carboxylic acids is 1. The highest BCUT2D eigenvalue weighted by Crippen LogP contribution is 2.36. The van der Waals surface area contributed by atoms with Crippen molar-refractivity contribution in [3.05, 3.63) is 18.2 Å². The average Bonchev–Trinajstić information content (AvgIpc) is 2.65. The summed E-state index contributed by atoms with van der Waals surface area (Å²) in [4.78, 5) is 12.2. The number of nitrogens with zero attached hydrogens (tertiary/aromatic N) is 1. The second-order valence-electron chi connectivity index (χ2n) is 5.77. The molecule has 1 saturated heterocycles. The number of sulfonamides is 1. The van der Waals surface area contributed by atoms with Gasteiger partial charge >= 0.3 is 0 Å². The Labute approximate surface area is 160 Å². The molecule has 0 saturated carbocycles. The molecular formula is C16H26ClN3O5S. The largest absolute Gasteiger partial charge is 0.495 e. The lowest BCUT2D eigenvalue weighted by Gasteiger charge is -2.31. The number of hydrogen-bond acceptors (Lipinski definition) is 6. The first kappa shape index (κ1) is 22.5. The van der Waals surface area contributed by atoms with Gasteiger partial charge in [-0.1, -0.05) is 6.07 Å². The van der Waals surface area contributed by atoms with Crippen LogP contribution < -0.4 is 20.5 Å². The van der Waals surface area contributed by atoms with E-state index in [4.69, 9.17) is 15.2 Å². The van der Waals surface area contributed by atoms with Crippen molar-refractivity contribution in [1.29, 1.82) is 0 Å². The SMILES string of the molecule is COc1cccc(OC)c1S(=O)(=O)N1CCCC(C(=O)NCCN)C1.Cl. The molecule has 10 heteroatoms. The summed E-state index contributed by atoms with van der Waals surface area (Å²) < 4.78 is 38.0. The highest BCUT2D eigenvalue weighted by atomic mass is 35.5. The summed E-state index contributed by atoms with van der Waals surface area (Å²) in [6.07, 6.45) is 1.25. The average molecular weight is 408 g/mol. The van der Waals surface area contributed by atoms with Crippen LogP contribution in [-0.4, -0.2) is 59.0 Å². The lowest BCUT2D eigenvalue weighted by Crippen LogP contribution is -2.46. The Hall–Kier alpha value is -1.55. The molecule has 1 aliphatic rings. The lowest BCUT2D eigenvalue weighted by molar-refractivity contribution is -0.126. The van der Waals surface area contributed by atoms with Crippen molar-refractivity contribution in [2.45, 2.75) is 17.7 Å². The minimum absolute atomic E-state index is 0. The highest BCUT2D eigenvalue weighted by Gasteiger charge is 2.36. The van der Waals surface area contributed by atoms with Crippen LogP contribution in [0.3, 0.4) is 0 Å². The smallest absolute Gasteiger partial charge is 0.250 e. The summed E-state index contributed by atoms with van der Waals surface area (Å²) >= 11 is 0. The number of amides is 1. The van der Waals surface area contributed by atoms with Crippen molar-refractivity contribution in [3.63, 3.8) is 0 Å². The van der Waals surface area contributed by atoms with Crippen molar-refractivity contribution < 1.29 is 22.7 Å². The van der Waals surface area contributed by atoms with E-state index in [1.54, 1.807) is 18.2 Å². The van der Waals surface area contributed by atoms with E-state index in [9.17, 15) is 13.2 Å². The maximum Gasteiger partial charge on any atom is 0.250 e. The zero-order chi connectivity index (χ0) is 18.4. The highest BCUT2D eigenvalue weighted by molar-refractivity contribution is 7.89. The van der Waals surface area contributed by atoms with Gasteiger partial charge in [-0.05, 0) is 25.0 Å². The number of hydrogen-bond donors (Lipinski definition) is 2. The minimum atomic E-state index is -3.86. The van der Waals surface area contributed by atoms with E-state index in [1.165, 1.54) is 18.5 Å². The van der Waals surface area contributed by atoms with Crippen LogP contribution in [0.15, 0.2) is 23.1 Å². The third-order valence-electron chi connectivity index (χ3n) is 4.18. The lowest BCUT2D eigenvalue weighted by atomic mass is 9.99. The fourth-order valence-electron chi connectivity index (χ4n) is 2.91. The summed E-state index contributed by atoms with van der Waals surface area (Å²) in [6.45, 7) is 1.20. The van der Waals surface area contributed by atoms with Gasteiger partial charge in [0, 0.05) is 26.2 Å². The van der Waals surface area contributed by atoms with Gasteiger partial charge in [-0.25, -0.2) is 8.42 Å². The molecule has 0 spiro atoms. The number of nitrogens with one attached hydrogen (secondary N) is 1. The molecule has 2 rings (SSSR count). The third kappa shape index (κ3) is 4.79. The Morgan fingerprint density at radius 2 is 1.92 bits per heavy atom. The molecule has 3 N–H and O–H groups in total. The number of halogens is 1. The van der Waals surface area contributed by atoms with Crippen molar-refractivity contribution in [3.8, 4) is 11.5 Å². The van der Waals surface area contributed by atoms with Gasteiger partial charge in [0.15, 0.2) is 4.90 Å². The van der Waals surface area contributed by atoms with Crippen LogP contribution in [0.4, 0.5) is 0 Å². The number of methoxy groups -OCH3 is 2. The topological polar surface area (TPSA) is 111 Å². The summed E-state index contributed by atoms with van der Waals surface area (Å²) in [5.74, 6) is -0.128. The monoisotopic (exact) mass is 407 g/mol. The van der Waals surface area contributed by atoms with Gasteiger partial charge in [-0.15, -0.1) is 12.4 Å². The Morgan fingerprint density at radius 3 is 2.46 bits per heavy atom. The maximum atomic E-state index is 13.1. The second kappa shape index (κ2) is 9.96. The number of ether oxygens (including phenoxy) is 2. The van der Waals surface area contributed by atoms with Gasteiger partial charge in [0.1, 0.15) is 11.5 Å². The van der Waals surface area contributed by atoms with Gasteiger partial charge in [-0.2, -0.15) is 4.31 Å². The maximum absolute atomic E-state index is 13.1. The quantitative estimate of drug-likeness (QED) is 0.684. The second-order valence-corrected chi connectivity index (χ2v) is 7.65. The van der Waals surface area contributed by atoms with E-state index in [2.05, 4.69) is 5.32 Å². The normalized spacial score (nSPS) is 17.9. The Balaban J connectivity index is 0.00000338. The van der Waals surface area contributed by atoms with Crippen LogP contribution in [0, 0.1) is 5.92 Å². The summed E-state index contributed by atoms with van der Waals surface area (Å²) in [5.41, 5.74) is 5.39. The van der Waals surface area contributed by atoms with Crippen molar-refractivity contribution in [2.75, 3.05) is 40.4 Å². The Bertz CT molecular complexity index is 692. The predicted molar refractivity (Wildman–Crippen MR) is 100 cm³/mol. The van der Waals surface area contributed by atoms with Crippen LogP contribution in [0.25, 0.3) is 0 Å². The van der Waals surface area contributed by atoms with Gasteiger partial charge in [0.25, 0.3) is 10.0 Å². The van der Waals surface area contributed by atoms with Crippen molar-refractivity contribution in [2.24, 2.45) is 11.7 Å². The zero-order valence-electron chi connectivity index (χ0n) is 14.9. The molecule has 1 amide bonds. The molecule has 8 nitrogen and oxygen atoms in total. The molecule has 0 aromatic heterocycles. The molecule has 1 aromatic carbocycles. The molecule has 1 fully saturated rings. The molecular weight excluding hydrogens is 382 g/mol. The number of piperidine rings is 1. The standard InChI is InChI=1S/C16H25N3O5S.ClH/c1-23-13-6-3-7-14(24-2)15(13)25(21,22)19-10-4-5-12(11-19)16(20)18-9-8-17;/h3,6-7,12H,4-5,8-11,17H2,1-2H3,(H,18,20);1H. The molecule has 1 aromatic rings. The number of rotatable bonds is 7. The molecule has 148 valence electrons. The summed E-state index contributed by atoms with van der Waals surface area (Å²) in [6, 6.07) is 4.81. The van der Waals surface area contributed by atoms with Crippen LogP contribution >= 0.6 is 12.4 Å². The minimum Gasteiger partial charge on any atom is -0.495 e. The first-order valence-corrected chi connectivity index (χ1v) is 9.58. The third-order valence-corrected chi connectivity index (χ3v) is 6.11. The molecule has 1 unspecified atom stereocenters. The molecule has 26 heavy (non-hydrogen) atoms. The number of carbonyl (C=O) groups is 1. The van der Waals surface area contributed by atoms with Gasteiger partial charge in [0.2, 0.25) is 5.91 Å². The van der Waals surface area contributed by atoms with Crippen LogP contribution in [0.1, 0.15) is 12.8 Å². The van der Waals surface area contributed by atoms with Crippen molar-refractivity contribution >= 4 is 28.3 Å². The number of benzene rings is 1. The molecule has 0 bridgehead atoms. The van der Waals surface area contributed by atoms with Gasteiger partial charge in [0.05, 0.1) is 20.1 Å². The first-order valence-electron chi connectivity index (χ1n) is 8.14. The molecule has 1 atom stereocenters. The Morgan fingerprint density at radius 1 is 1.31 bits per heavy atom. The van der Waals surface area contributed by atoms with E-state index in [0.29, 0.717) is 32.5 Å². The zero-order valence-corrected chi connectivity index (χ0v) is 16.6. The van der Waals surface area contributed by atoms with Crippen LogP contribution in [-0.2, 0) is 14.8 Å². The summed E-state index contributed by atoms with van der Waals surface area (Å²) in [5, 5.41) is 2.72.